The third-order valence-corrected chi connectivity index (χ3v) is 3.46. The largest absolute Gasteiger partial charge is 0.384 e. The smallest absolute Gasteiger partial charge is 0.123 e. The number of rotatable bonds is 6. The normalized spacial score (nSPS) is 15.5. The summed E-state index contributed by atoms with van der Waals surface area (Å²) in [7, 11) is 0. The Morgan fingerprint density at radius 3 is 2.76 bits per heavy atom. The Morgan fingerprint density at radius 2 is 2.12 bits per heavy atom. The van der Waals surface area contributed by atoms with E-state index in [9.17, 15) is 0 Å². The molecule has 1 aromatic carbocycles. The average molecular weight is 232 g/mol. The molecular weight excluding hydrogens is 212 g/mol. The van der Waals surface area contributed by atoms with Crippen molar-refractivity contribution in [1.29, 1.82) is 5.41 Å². The van der Waals surface area contributed by atoms with Gasteiger partial charge in [0.25, 0.3) is 0 Å². The van der Waals surface area contributed by atoms with Gasteiger partial charge in [-0.3, -0.25) is 5.41 Å². The van der Waals surface area contributed by atoms with E-state index in [0.29, 0.717) is 6.61 Å². The van der Waals surface area contributed by atoms with Crippen LogP contribution in [-0.4, -0.2) is 12.4 Å². The average Bonchev–Trinajstić information content (AvgIpc) is 2.26. The molecule has 0 aromatic heterocycles. The Labute approximate surface area is 102 Å². The predicted molar refractivity (Wildman–Crippen MR) is 69.1 cm³/mol. The van der Waals surface area contributed by atoms with E-state index in [2.05, 4.69) is 0 Å². The van der Waals surface area contributed by atoms with Gasteiger partial charge in [-0.05, 0) is 17.9 Å². The van der Waals surface area contributed by atoms with Gasteiger partial charge in [-0.1, -0.05) is 43.5 Å². The minimum absolute atomic E-state index is 0.114. The Morgan fingerprint density at radius 1 is 1.35 bits per heavy atom. The first-order chi connectivity index (χ1) is 8.27. The van der Waals surface area contributed by atoms with Crippen molar-refractivity contribution in [3.05, 3.63) is 35.4 Å². The van der Waals surface area contributed by atoms with E-state index in [1.54, 1.807) is 0 Å². The van der Waals surface area contributed by atoms with Gasteiger partial charge in [0.15, 0.2) is 0 Å². The number of hydrogen-bond donors (Lipinski definition) is 2. The van der Waals surface area contributed by atoms with E-state index in [4.69, 9.17) is 15.9 Å². The van der Waals surface area contributed by atoms with Gasteiger partial charge in [0.05, 0.1) is 6.61 Å². The number of nitrogens with two attached hydrogens (primary N) is 1. The van der Waals surface area contributed by atoms with Crippen LogP contribution in [0.3, 0.4) is 0 Å². The summed E-state index contributed by atoms with van der Waals surface area (Å²) in [6.07, 6.45) is 5.29. The molecule has 0 atom stereocenters. The van der Waals surface area contributed by atoms with Crippen LogP contribution in [0.15, 0.2) is 24.3 Å². The van der Waals surface area contributed by atoms with E-state index in [-0.39, 0.29) is 5.84 Å². The third-order valence-electron chi connectivity index (χ3n) is 3.46. The lowest BCUT2D eigenvalue weighted by molar-refractivity contribution is 0.0949. The Kier molecular flexibility index (Phi) is 4.15. The van der Waals surface area contributed by atoms with Gasteiger partial charge in [-0.25, -0.2) is 0 Å². The molecular formula is C14H20N2O. The van der Waals surface area contributed by atoms with Gasteiger partial charge < -0.3 is 10.5 Å². The van der Waals surface area contributed by atoms with Crippen LogP contribution in [0.4, 0.5) is 0 Å². The van der Waals surface area contributed by atoms with Crippen LogP contribution < -0.4 is 5.73 Å². The molecule has 0 heterocycles. The van der Waals surface area contributed by atoms with Crippen molar-refractivity contribution in [3.63, 3.8) is 0 Å². The van der Waals surface area contributed by atoms with Gasteiger partial charge >= 0.3 is 0 Å². The Bertz CT molecular complexity index is 386. The van der Waals surface area contributed by atoms with E-state index in [1.807, 2.05) is 24.3 Å². The first-order valence-electron chi connectivity index (χ1n) is 6.27. The van der Waals surface area contributed by atoms with Crippen LogP contribution in [0.2, 0.25) is 0 Å². The molecule has 0 bridgehead atoms. The van der Waals surface area contributed by atoms with Crippen molar-refractivity contribution < 1.29 is 4.74 Å². The number of amidine groups is 1. The summed E-state index contributed by atoms with van der Waals surface area (Å²) >= 11 is 0. The van der Waals surface area contributed by atoms with Crippen LogP contribution >= 0.6 is 0 Å². The number of benzene rings is 1. The fraction of sp³-hybridized carbons (Fsp3) is 0.500. The molecule has 3 N–H and O–H groups in total. The molecule has 92 valence electrons. The molecule has 0 spiro atoms. The lowest BCUT2D eigenvalue weighted by atomic mass is 9.83. The Balaban J connectivity index is 1.79. The molecule has 3 nitrogen and oxygen atoms in total. The molecule has 0 radical (unpaired) electrons. The maximum absolute atomic E-state index is 7.49. The molecule has 3 heteroatoms. The summed E-state index contributed by atoms with van der Waals surface area (Å²) in [6.45, 7) is 1.37. The molecule has 0 aliphatic heterocycles. The molecule has 1 aliphatic carbocycles. The van der Waals surface area contributed by atoms with E-state index in [1.165, 1.54) is 25.7 Å². The molecule has 0 saturated heterocycles. The van der Waals surface area contributed by atoms with Crippen LogP contribution in [0.25, 0.3) is 0 Å². The Hall–Kier alpha value is -1.35. The highest BCUT2D eigenvalue weighted by Gasteiger charge is 2.16. The summed E-state index contributed by atoms with van der Waals surface area (Å²) in [5.41, 5.74) is 7.32. The predicted octanol–water partition coefficient (Wildman–Crippen LogP) is 2.68. The molecule has 0 unspecified atom stereocenters. The van der Waals surface area contributed by atoms with E-state index < -0.39 is 0 Å². The highest BCUT2D eigenvalue weighted by molar-refractivity contribution is 5.96. The second-order valence-electron chi connectivity index (χ2n) is 4.71. The number of ether oxygens (including phenoxy) is 1. The van der Waals surface area contributed by atoms with E-state index in [0.717, 1.165) is 23.7 Å². The molecule has 1 aromatic rings. The summed E-state index contributed by atoms with van der Waals surface area (Å²) in [5.74, 6) is 1.00. The topological polar surface area (TPSA) is 59.1 Å². The molecule has 17 heavy (non-hydrogen) atoms. The zero-order valence-electron chi connectivity index (χ0n) is 10.1. The molecule has 1 aliphatic rings. The molecule has 0 amide bonds. The fourth-order valence-electron chi connectivity index (χ4n) is 2.12. The summed E-state index contributed by atoms with van der Waals surface area (Å²) < 4.78 is 5.66. The number of hydrogen-bond acceptors (Lipinski definition) is 2. The maximum atomic E-state index is 7.49. The SMILES string of the molecule is N=C(N)c1ccccc1COCCC1CCC1. The summed E-state index contributed by atoms with van der Waals surface area (Å²) in [6, 6.07) is 7.69. The van der Waals surface area contributed by atoms with Crippen molar-refractivity contribution in [2.75, 3.05) is 6.61 Å². The monoisotopic (exact) mass is 232 g/mol. The minimum atomic E-state index is 0.114. The van der Waals surface area contributed by atoms with Gasteiger partial charge in [-0.15, -0.1) is 0 Å². The zero-order chi connectivity index (χ0) is 12.1. The molecule has 2 rings (SSSR count). The first-order valence-corrected chi connectivity index (χ1v) is 6.27. The summed E-state index contributed by atoms with van der Waals surface area (Å²) in [5, 5.41) is 7.49. The molecule has 1 saturated carbocycles. The standard InChI is InChI=1S/C14H20N2O/c15-14(16)13-7-2-1-6-12(13)10-17-9-8-11-4-3-5-11/h1-2,6-7,11H,3-5,8-10H2,(H3,15,16). The first kappa shape index (κ1) is 12.1. The van der Waals surface area contributed by atoms with Gasteiger partial charge in [0.2, 0.25) is 0 Å². The van der Waals surface area contributed by atoms with Crippen molar-refractivity contribution in [2.45, 2.75) is 32.3 Å². The number of nitrogens with one attached hydrogen (secondary N) is 1. The molecule has 1 fully saturated rings. The van der Waals surface area contributed by atoms with Crippen LogP contribution in [0.5, 0.6) is 0 Å². The van der Waals surface area contributed by atoms with Gasteiger partial charge in [-0.2, -0.15) is 0 Å². The second kappa shape index (κ2) is 5.82. The van der Waals surface area contributed by atoms with Crippen LogP contribution in [0, 0.1) is 11.3 Å². The second-order valence-corrected chi connectivity index (χ2v) is 4.71. The lowest BCUT2D eigenvalue weighted by Gasteiger charge is -2.24. The summed E-state index contributed by atoms with van der Waals surface area (Å²) in [4.78, 5) is 0. The van der Waals surface area contributed by atoms with Gasteiger partial charge in [0, 0.05) is 12.2 Å². The zero-order valence-corrected chi connectivity index (χ0v) is 10.1. The third kappa shape index (κ3) is 3.30. The number of nitrogen functional groups attached to an aromatic ring is 1. The minimum Gasteiger partial charge on any atom is -0.384 e. The fourth-order valence-corrected chi connectivity index (χ4v) is 2.12. The van der Waals surface area contributed by atoms with Crippen molar-refractivity contribution in [3.8, 4) is 0 Å². The van der Waals surface area contributed by atoms with Crippen molar-refractivity contribution in [2.24, 2.45) is 11.7 Å². The quantitative estimate of drug-likeness (QED) is 0.450. The maximum Gasteiger partial charge on any atom is 0.123 e. The van der Waals surface area contributed by atoms with Gasteiger partial charge in [0.1, 0.15) is 5.84 Å². The van der Waals surface area contributed by atoms with Crippen molar-refractivity contribution >= 4 is 5.84 Å². The van der Waals surface area contributed by atoms with Crippen LogP contribution in [0.1, 0.15) is 36.8 Å². The highest BCUT2D eigenvalue weighted by atomic mass is 16.5. The van der Waals surface area contributed by atoms with Crippen LogP contribution in [-0.2, 0) is 11.3 Å². The highest BCUT2D eigenvalue weighted by Crippen LogP contribution is 2.29. The van der Waals surface area contributed by atoms with Crippen molar-refractivity contribution in [1.82, 2.24) is 0 Å². The lowest BCUT2D eigenvalue weighted by Crippen LogP contribution is -2.15. The van der Waals surface area contributed by atoms with E-state index >= 15 is 0 Å².